The Hall–Kier alpha value is 0.0138. The molecule has 2 rings (SSSR count). The van der Waals surface area contributed by atoms with E-state index in [1.54, 1.807) is 0 Å². The fraction of sp³-hybridized carbons (Fsp3) is 0.913. The fourth-order valence-corrected chi connectivity index (χ4v) is 6.14. The third-order valence-corrected chi connectivity index (χ3v) is 16.3. The number of ether oxygens (including phenoxy) is 2. The lowest BCUT2D eigenvalue weighted by molar-refractivity contribution is -0.158. The molecule has 1 aliphatic heterocycles. The lowest BCUT2D eigenvalue weighted by Gasteiger charge is -2.44. The van der Waals surface area contributed by atoms with Crippen molar-refractivity contribution >= 4 is 16.6 Å². The maximum Gasteiger partial charge on any atom is 0.192 e. The Balaban J connectivity index is 2.34. The largest absolute Gasteiger partial charge is 0.411 e. The second-order valence-electron chi connectivity index (χ2n) is 12.3. The van der Waals surface area contributed by atoms with Crippen LogP contribution < -0.4 is 0 Å². The topological polar surface area (TPSA) is 36.9 Å². The molecule has 0 saturated carbocycles. The van der Waals surface area contributed by atoms with Gasteiger partial charge in [0.15, 0.2) is 22.4 Å². The lowest BCUT2D eigenvalue weighted by Crippen LogP contribution is -2.54. The fourth-order valence-electron chi connectivity index (χ4n) is 3.46. The van der Waals surface area contributed by atoms with Crippen LogP contribution in [0.2, 0.25) is 36.3 Å². The van der Waals surface area contributed by atoms with Gasteiger partial charge in [0.05, 0.1) is 12.2 Å². The molecule has 29 heavy (non-hydrogen) atoms. The molecule has 4 nitrogen and oxygen atoms in total. The van der Waals surface area contributed by atoms with Crippen LogP contribution >= 0.6 is 0 Å². The molecule has 1 saturated heterocycles. The average molecular weight is 443 g/mol. The van der Waals surface area contributed by atoms with E-state index in [4.69, 9.17) is 18.3 Å². The van der Waals surface area contributed by atoms with Crippen LogP contribution in [0.5, 0.6) is 0 Å². The first-order chi connectivity index (χ1) is 12.9. The van der Waals surface area contributed by atoms with Gasteiger partial charge in [-0.1, -0.05) is 53.7 Å². The van der Waals surface area contributed by atoms with Crippen LogP contribution in [0.1, 0.15) is 68.2 Å². The summed E-state index contributed by atoms with van der Waals surface area (Å²) in [5.41, 5.74) is 0. The molecule has 6 heteroatoms. The minimum Gasteiger partial charge on any atom is -0.411 e. The molecule has 1 aliphatic carbocycles. The molecular weight excluding hydrogens is 396 g/mol. The quantitative estimate of drug-likeness (QED) is 0.361. The minimum atomic E-state index is -1.94. The van der Waals surface area contributed by atoms with Crippen LogP contribution in [0, 0.1) is 0 Å². The first-order valence-electron chi connectivity index (χ1n) is 11.2. The Morgan fingerprint density at radius 1 is 0.724 bits per heavy atom. The lowest BCUT2D eigenvalue weighted by atomic mass is 9.96. The summed E-state index contributed by atoms with van der Waals surface area (Å²) < 4.78 is 26.7. The first kappa shape index (κ1) is 25.3. The van der Waals surface area contributed by atoms with Gasteiger partial charge >= 0.3 is 0 Å². The van der Waals surface area contributed by atoms with Gasteiger partial charge in [-0.25, -0.2) is 0 Å². The Morgan fingerprint density at radius 2 is 1.03 bits per heavy atom. The molecule has 1 heterocycles. The van der Waals surface area contributed by atoms with Crippen LogP contribution in [0.4, 0.5) is 0 Å². The van der Waals surface area contributed by atoms with Crippen molar-refractivity contribution in [1.29, 1.82) is 0 Å². The van der Waals surface area contributed by atoms with Gasteiger partial charge in [0.25, 0.3) is 0 Å². The maximum absolute atomic E-state index is 6.87. The highest BCUT2D eigenvalue weighted by molar-refractivity contribution is 6.74. The summed E-state index contributed by atoms with van der Waals surface area (Å²) >= 11 is 0. The van der Waals surface area contributed by atoms with Gasteiger partial charge in [0.1, 0.15) is 12.2 Å². The van der Waals surface area contributed by atoms with Crippen LogP contribution in [0.25, 0.3) is 0 Å². The molecule has 4 atom stereocenters. The predicted molar refractivity (Wildman–Crippen MR) is 126 cm³/mol. The molecule has 0 radical (unpaired) electrons. The molecule has 0 spiro atoms. The van der Waals surface area contributed by atoms with E-state index in [0.717, 1.165) is 12.8 Å². The van der Waals surface area contributed by atoms with Gasteiger partial charge in [-0.3, -0.25) is 0 Å². The highest BCUT2D eigenvalue weighted by Gasteiger charge is 2.53. The van der Waals surface area contributed by atoms with Gasteiger partial charge in [-0.05, 0) is 63.0 Å². The van der Waals surface area contributed by atoms with Gasteiger partial charge < -0.3 is 18.3 Å². The van der Waals surface area contributed by atoms with Gasteiger partial charge in [0, 0.05) is 0 Å². The SMILES string of the molecule is CC1(C)O[C@H]2[C@H](O1)[C@@H](O[Si](C)(C)C(C)(C)C)C/C=C\C[C@@H]2O[Si](C)(C)C(C)(C)C. The van der Waals surface area contributed by atoms with E-state index in [1.807, 2.05) is 13.8 Å². The van der Waals surface area contributed by atoms with Crippen molar-refractivity contribution in [3.05, 3.63) is 12.2 Å². The molecule has 0 bridgehead atoms. The van der Waals surface area contributed by atoms with Crippen LogP contribution in [0.3, 0.4) is 0 Å². The summed E-state index contributed by atoms with van der Waals surface area (Å²) in [7, 11) is -3.88. The van der Waals surface area contributed by atoms with Crippen molar-refractivity contribution in [3.8, 4) is 0 Å². The zero-order valence-electron chi connectivity index (χ0n) is 21.0. The van der Waals surface area contributed by atoms with E-state index in [2.05, 4.69) is 79.9 Å². The van der Waals surface area contributed by atoms with Crippen LogP contribution in [0.15, 0.2) is 12.2 Å². The Kier molecular flexibility index (Phi) is 7.12. The third kappa shape index (κ3) is 5.83. The first-order valence-corrected chi connectivity index (χ1v) is 17.0. The number of rotatable bonds is 4. The van der Waals surface area contributed by atoms with Gasteiger partial charge in [-0.2, -0.15) is 0 Å². The zero-order chi connectivity index (χ0) is 22.5. The van der Waals surface area contributed by atoms with E-state index in [9.17, 15) is 0 Å². The van der Waals surface area contributed by atoms with Gasteiger partial charge in [-0.15, -0.1) is 0 Å². The van der Waals surface area contributed by atoms with Crippen LogP contribution in [-0.4, -0.2) is 46.8 Å². The molecule has 0 N–H and O–H groups in total. The standard InChI is InChI=1S/C23H46O4Si2/c1-21(2,3)28(9,10)26-17-15-13-14-16-18(27-29(11,12)22(4,5)6)20-19(17)24-23(7,8)25-20/h13-14,17-20H,15-16H2,1-12H3/b14-13-/t17-,18-,19+,20+/m0/s1. The Bertz CT molecular complexity index is 549. The van der Waals surface area contributed by atoms with E-state index in [1.165, 1.54) is 0 Å². The van der Waals surface area contributed by atoms with Crippen molar-refractivity contribution in [1.82, 2.24) is 0 Å². The summed E-state index contributed by atoms with van der Waals surface area (Å²) in [5.74, 6) is -0.621. The van der Waals surface area contributed by atoms with Crippen molar-refractivity contribution in [2.45, 2.75) is 135 Å². The van der Waals surface area contributed by atoms with Crippen molar-refractivity contribution < 1.29 is 18.3 Å². The van der Waals surface area contributed by atoms with Crippen LogP contribution in [-0.2, 0) is 18.3 Å². The number of fused-ring (bicyclic) bond motifs is 1. The number of hydrogen-bond acceptors (Lipinski definition) is 4. The minimum absolute atomic E-state index is 0.00951. The summed E-state index contributed by atoms with van der Waals surface area (Å²) in [6, 6.07) is 0. The second kappa shape index (κ2) is 8.17. The molecule has 0 aromatic carbocycles. The summed E-state index contributed by atoms with van der Waals surface area (Å²) in [6.07, 6.45) is 5.99. The molecular formula is C23H46O4Si2. The highest BCUT2D eigenvalue weighted by atomic mass is 28.4. The Labute approximate surface area is 182 Å². The van der Waals surface area contributed by atoms with Crippen molar-refractivity contribution in [2.24, 2.45) is 0 Å². The molecule has 0 aromatic rings. The third-order valence-electron chi connectivity index (χ3n) is 7.30. The Morgan fingerprint density at radius 3 is 1.31 bits per heavy atom. The smallest absolute Gasteiger partial charge is 0.192 e. The zero-order valence-corrected chi connectivity index (χ0v) is 23.0. The molecule has 0 amide bonds. The summed E-state index contributed by atoms with van der Waals surface area (Å²) in [4.78, 5) is 0. The number of hydrogen-bond donors (Lipinski definition) is 0. The van der Waals surface area contributed by atoms with E-state index in [0.29, 0.717) is 0 Å². The maximum atomic E-state index is 6.87. The average Bonchev–Trinajstić information content (AvgIpc) is 2.80. The normalized spacial score (nSPS) is 32.4. The van der Waals surface area contributed by atoms with Crippen molar-refractivity contribution in [3.63, 3.8) is 0 Å². The van der Waals surface area contributed by atoms with E-state index in [-0.39, 0.29) is 34.5 Å². The summed E-state index contributed by atoms with van der Waals surface area (Å²) in [5, 5.41) is 0.307. The molecule has 0 aromatic heterocycles. The monoisotopic (exact) mass is 442 g/mol. The van der Waals surface area contributed by atoms with E-state index >= 15 is 0 Å². The summed E-state index contributed by atoms with van der Waals surface area (Å²) in [6.45, 7) is 27.0. The van der Waals surface area contributed by atoms with E-state index < -0.39 is 22.4 Å². The molecule has 0 unspecified atom stereocenters. The predicted octanol–water partition coefficient (Wildman–Crippen LogP) is 6.64. The highest BCUT2D eigenvalue weighted by Crippen LogP contribution is 2.44. The second-order valence-corrected chi connectivity index (χ2v) is 21.9. The van der Waals surface area contributed by atoms with Gasteiger partial charge in [0.2, 0.25) is 0 Å². The molecule has 2 aliphatic rings. The molecule has 170 valence electrons. The molecule has 1 fully saturated rings. The van der Waals surface area contributed by atoms with Crippen molar-refractivity contribution in [2.75, 3.05) is 0 Å².